The van der Waals surface area contributed by atoms with Crippen LogP contribution in [0.25, 0.3) is 0 Å². The van der Waals surface area contributed by atoms with Crippen LogP contribution in [0.3, 0.4) is 0 Å². The molecule has 0 spiro atoms. The second-order valence-corrected chi connectivity index (χ2v) is 9.39. The molecule has 0 heterocycles. The Labute approximate surface area is 170 Å². The van der Waals surface area contributed by atoms with Crippen molar-refractivity contribution in [2.24, 2.45) is 0 Å². The van der Waals surface area contributed by atoms with E-state index in [1.807, 2.05) is 0 Å². The van der Waals surface area contributed by atoms with Crippen LogP contribution in [-0.2, 0) is 14.9 Å². The molecule has 1 unspecified atom stereocenters. The summed E-state index contributed by atoms with van der Waals surface area (Å²) in [7, 11) is -4.94. The van der Waals surface area contributed by atoms with Gasteiger partial charge in [0.2, 0.25) is 6.10 Å². The summed E-state index contributed by atoms with van der Waals surface area (Å²) in [5.74, 6) is -2.16. The highest BCUT2D eigenvalue weighted by atomic mass is 79.9. The molecule has 0 amide bonds. The summed E-state index contributed by atoms with van der Waals surface area (Å²) in [5.41, 5.74) is -0.825. The maximum Gasteiger partial charge on any atom is 0.514 e. The third-order valence-electron chi connectivity index (χ3n) is 2.55. The molecule has 154 valence electrons. The van der Waals surface area contributed by atoms with Gasteiger partial charge in [0.05, 0.1) is 8.95 Å². The van der Waals surface area contributed by atoms with Crippen molar-refractivity contribution >= 4 is 48.1 Å². The SMILES string of the molecule is CC(C)(C)OC(=O)Oc1c(Br)cc(OC(CS(=O)(=O)O)C(F)(F)F)cc1Br. The fraction of sp³-hybridized carbons (Fsp3) is 0.500. The third kappa shape index (κ3) is 8.66. The van der Waals surface area contributed by atoms with Crippen molar-refractivity contribution in [3.05, 3.63) is 21.1 Å². The van der Waals surface area contributed by atoms with Crippen LogP contribution in [0.1, 0.15) is 20.8 Å². The molecule has 0 saturated carbocycles. The maximum absolute atomic E-state index is 12.9. The van der Waals surface area contributed by atoms with E-state index in [4.69, 9.17) is 14.0 Å². The van der Waals surface area contributed by atoms with Crippen LogP contribution in [0.4, 0.5) is 18.0 Å². The van der Waals surface area contributed by atoms with Gasteiger partial charge in [0.1, 0.15) is 17.1 Å². The number of alkyl halides is 3. The highest BCUT2D eigenvalue weighted by Crippen LogP contribution is 2.39. The minimum atomic E-state index is -5.06. The van der Waals surface area contributed by atoms with Gasteiger partial charge < -0.3 is 14.2 Å². The number of ether oxygens (including phenoxy) is 3. The summed E-state index contributed by atoms with van der Waals surface area (Å²) in [6, 6.07) is 2.07. The zero-order valence-electron chi connectivity index (χ0n) is 14.1. The van der Waals surface area contributed by atoms with Gasteiger partial charge in [-0.2, -0.15) is 21.6 Å². The molecule has 0 fully saturated rings. The normalized spacial score (nSPS) is 13.8. The quantitative estimate of drug-likeness (QED) is 0.326. The molecule has 1 rings (SSSR count). The molecule has 0 aromatic heterocycles. The number of rotatable bonds is 5. The van der Waals surface area contributed by atoms with Gasteiger partial charge in [-0.3, -0.25) is 4.55 Å². The topological polar surface area (TPSA) is 99.1 Å². The molecule has 1 aromatic carbocycles. The summed E-state index contributed by atoms with van der Waals surface area (Å²) in [5, 5.41) is 0. The van der Waals surface area contributed by atoms with Crippen molar-refractivity contribution in [2.45, 2.75) is 38.7 Å². The lowest BCUT2D eigenvalue weighted by Crippen LogP contribution is -2.40. The van der Waals surface area contributed by atoms with Gasteiger partial charge >= 0.3 is 12.3 Å². The Bertz CT molecular complexity index is 781. The van der Waals surface area contributed by atoms with Gasteiger partial charge in [0, 0.05) is 0 Å². The highest BCUT2D eigenvalue weighted by molar-refractivity contribution is 9.11. The van der Waals surface area contributed by atoms with Crippen LogP contribution in [0, 0.1) is 0 Å². The molecule has 0 bridgehead atoms. The number of carbonyl (C=O) groups is 1. The lowest BCUT2D eigenvalue weighted by Gasteiger charge is -2.22. The predicted molar refractivity (Wildman–Crippen MR) is 95.6 cm³/mol. The average molecular weight is 544 g/mol. The molecule has 1 atom stereocenters. The number of benzene rings is 1. The van der Waals surface area contributed by atoms with Crippen LogP contribution < -0.4 is 9.47 Å². The van der Waals surface area contributed by atoms with Crippen molar-refractivity contribution in [3.8, 4) is 11.5 Å². The molecule has 7 nitrogen and oxygen atoms in total. The van der Waals surface area contributed by atoms with Crippen molar-refractivity contribution in [1.29, 1.82) is 0 Å². The van der Waals surface area contributed by atoms with Gasteiger partial charge in [-0.25, -0.2) is 4.79 Å². The van der Waals surface area contributed by atoms with Crippen molar-refractivity contribution in [2.75, 3.05) is 5.75 Å². The smallest absolute Gasteiger partial charge is 0.480 e. The first-order valence-electron chi connectivity index (χ1n) is 7.06. The van der Waals surface area contributed by atoms with Crippen LogP contribution in [0.15, 0.2) is 21.1 Å². The Morgan fingerprint density at radius 1 is 1.19 bits per heavy atom. The molecule has 0 radical (unpaired) electrons. The van der Waals surface area contributed by atoms with Crippen LogP contribution in [-0.4, -0.2) is 42.8 Å². The second-order valence-electron chi connectivity index (χ2n) is 6.18. The van der Waals surface area contributed by atoms with E-state index in [1.165, 1.54) is 0 Å². The minimum Gasteiger partial charge on any atom is -0.480 e. The van der Waals surface area contributed by atoms with E-state index < -0.39 is 45.7 Å². The van der Waals surface area contributed by atoms with Gasteiger partial charge in [0.15, 0.2) is 5.75 Å². The first kappa shape index (κ1) is 24.0. The van der Waals surface area contributed by atoms with Gasteiger partial charge in [-0.1, -0.05) is 0 Å². The van der Waals surface area contributed by atoms with E-state index >= 15 is 0 Å². The molecule has 27 heavy (non-hydrogen) atoms. The lowest BCUT2D eigenvalue weighted by molar-refractivity contribution is -0.188. The van der Waals surface area contributed by atoms with Crippen LogP contribution in [0.2, 0.25) is 0 Å². The number of hydrogen-bond donors (Lipinski definition) is 1. The molecule has 0 aliphatic rings. The largest absolute Gasteiger partial charge is 0.514 e. The summed E-state index contributed by atoms with van der Waals surface area (Å²) < 4.78 is 83.7. The molecule has 0 aliphatic carbocycles. The molecular weight excluding hydrogens is 529 g/mol. The Morgan fingerprint density at radius 3 is 2.04 bits per heavy atom. The Morgan fingerprint density at radius 2 is 1.67 bits per heavy atom. The van der Waals surface area contributed by atoms with E-state index in [9.17, 15) is 26.4 Å². The Balaban J connectivity index is 3.07. The van der Waals surface area contributed by atoms with E-state index in [0.717, 1.165) is 12.1 Å². The molecule has 1 N–H and O–H groups in total. The molecule has 13 heteroatoms. The molecule has 1 aromatic rings. The standard InChI is InChI=1S/C14H15Br2F3O7S/c1-13(2,3)26-12(20)25-11-8(15)4-7(5-9(11)16)24-10(14(17,18)19)6-27(21,22)23/h4-5,10H,6H2,1-3H3,(H,21,22,23). The molecule has 0 saturated heterocycles. The number of carbonyl (C=O) groups excluding carboxylic acids is 1. The molecular formula is C14H15Br2F3O7S. The van der Waals surface area contributed by atoms with Crippen LogP contribution >= 0.6 is 31.9 Å². The van der Waals surface area contributed by atoms with Gasteiger partial charge in [-0.15, -0.1) is 0 Å². The highest BCUT2D eigenvalue weighted by Gasteiger charge is 2.44. The minimum absolute atomic E-state index is 0.0329. The predicted octanol–water partition coefficient (Wildman–Crippen LogP) is 4.72. The van der Waals surface area contributed by atoms with Crippen molar-refractivity contribution in [3.63, 3.8) is 0 Å². The monoisotopic (exact) mass is 542 g/mol. The summed E-state index contributed by atoms with van der Waals surface area (Å²) in [6.45, 7) is 4.84. The molecule has 0 aliphatic heterocycles. The average Bonchev–Trinajstić information content (AvgIpc) is 2.37. The maximum atomic E-state index is 12.9. The zero-order valence-corrected chi connectivity index (χ0v) is 18.1. The van der Waals surface area contributed by atoms with Crippen molar-refractivity contribution < 1.29 is 45.1 Å². The Kier molecular flexibility index (Phi) is 7.58. The fourth-order valence-electron chi connectivity index (χ4n) is 1.61. The Hall–Kier alpha value is -1.05. The van der Waals surface area contributed by atoms with E-state index in [-0.39, 0.29) is 14.7 Å². The number of hydrogen-bond acceptors (Lipinski definition) is 6. The van der Waals surface area contributed by atoms with Crippen LogP contribution in [0.5, 0.6) is 11.5 Å². The lowest BCUT2D eigenvalue weighted by atomic mass is 10.2. The van der Waals surface area contributed by atoms with E-state index in [0.29, 0.717) is 0 Å². The first-order valence-corrected chi connectivity index (χ1v) is 10.3. The van der Waals surface area contributed by atoms with E-state index in [2.05, 4.69) is 36.6 Å². The summed E-state index contributed by atoms with van der Waals surface area (Å²) in [4.78, 5) is 11.7. The van der Waals surface area contributed by atoms with E-state index in [1.54, 1.807) is 20.8 Å². The zero-order chi connectivity index (χ0) is 21.2. The van der Waals surface area contributed by atoms with Gasteiger partial charge in [0.25, 0.3) is 10.1 Å². The summed E-state index contributed by atoms with van der Waals surface area (Å²) in [6.07, 6.45) is -8.90. The third-order valence-corrected chi connectivity index (χ3v) is 4.45. The fourth-order valence-corrected chi connectivity index (χ4v) is 3.55. The number of halogens is 5. The second kappa shape index (κ2) is 8.53. The van der Waals surface area contributed by atoms with Crippen molar-refractivity contribution in [1.82, 2.24) is 0 Å². The summed E-state index contributed by atoms with van der Waals surface area (Å²) >= 11 is 6.03. The van der Waals surface area contributed by atoms with Gasteiger partial charge in [-0.05, 0) is 64.8 Å². The first-order chi connectivity index (χ1) is 12.0.